The van der Waals surface area contributed by atoms with Gasteiger partial charge in [-0.25, -0.2) is 4.98 Å². The first-order chi connectivity index (χ1) is 9.76. The molecule has 2 heterocycles. The van der Waals surface area contributed by atoms with Crippen molar-refractivity contribution in [2.45, 2.75) is 6.92 Å². The molecule has 0 spiro atoms. The normalized spacial score (nSPS) is 10.2. The number of nitriles is 1. The van der Waals surface area contributed by atoms with Crippen LogP contribution in [0.4, 0.5) is 11.5 Å². The van der Waals surface area contributed by atoms with Crippen molar-refractivity contribution < 1.29 is 0 Å². The van der Waals surface area contributed by atoms with Crippen LogP contribution >= 0.6 is 0 Å². The number of anilines is 2. The van der Waals surface area contributed by atoms with Crippen molar-refractivity contribution in [3.8, 4) is 6.07 Å². The van der Waals surface area contributed by atoms with E-state index in [2.05, 4.69) is 21.4 Å². The molecule has 0 atom stereocenters. The Hall–Kier alpha value is -2.93. The zero-order chi connectivity index (χ0) is 13.9. The summed E-state index contributed by atoms with van der Waals surface area (Å²) < 4.78 is 0. The molecule has 3 aromatic rings. The van der Waals surface area contributed by atoms with E-state index in [4.69, 9.17) is 5.26 Å². The maximum Gasteiger partial charge on any atom is 0.148 e. The molecule has 2 aromatic heterocycles. The summed E-state index contributed by atoms with van der Waals surface area (Å²) >= 11 is 0. The molecule has 0 aliphatic heterocycles. The van der Waals surface area contributed by atoms with Gasteiger partial charge in [0.2, 0.25) is 0 Å². The average Bonchev–Trinajstić information content (AvgIpc) is 2.47. The summed E-state index contributed by atoms with van der Waals surface area (Å²) in [4.78, 5) is 8.74. The highest BCUT2D eigenvalue weighted by Gasteiger charge is 2.05. The molecule has 0 radical (unpaired) electrons. The number of aromatic nitrogens is 2. The first-order valence-electron chi connectivity index (χ1n) is 6.26. The van der Waals surface area contributed by atoms with Crippen molar-refractivity contribution in [1.29, 1.82) is 5.26 Å². The number of nitrogens with zero attached hydrogens (tertiary/aromatic N) is 3. The maximum absolute atomic E-state index is 9.11. The second-order valence-corrected chi connectivity index (χ2v) is 4.50. The SMILES string of the molecule is Cc1ccc(C#N)c(Nc2cnc3ccccc3c2)n1. The molecule has 4 nitrogen and oxygen atoms in total. The van der Waals surface area contributed by atoms with E-state index in [1.165, 1.54) is 0 Å². The largest absolute Gasteiger partial charge is 0.338 e. The first-order valence-corrected chi connectivity index (χ1v) is 6.26. The lowest BCUT2D eigenvalue weighted by Crippen LogP contribution is -1.98. The number of pyridine rings is 2. The molecular formula is C16H12N4. The molecule has 3 rings (SSSR count). The zero-order valence-electron chi connectivity index (χ0n) is 11.0. The number of para-hydroxylation sites is 1. The Balaban J connectivity index is 2.01. The molecule has 0 saturated heterocycles. The highest BCUT2D eigenvalue weighted by Crippen LogP contribution is 2.21. The van der Waals surface area contributed by atoms with E-state index in [0.29, 0.717) is 11.4 Å². The molecule has 4 heteroatoms. The standard InChI is InChI=1S/C16H12N4/c1-11-6-7-13(9-17)16(19-11)20-14-8-12-4-2-3-5-15(12)18-10-14/h2-8,10H,1H3,(H,19,20). The Morgan fingerprint density at radius 1 is 1.15 bits per heavy atom. The van der Waals surface area contributed by atoms with Crippen LogP contribution in [-0.4, -0.2) is 9.97 Å². The minimum atomic E-state index is 0.517. The van der Waals surface area contributed by atoms with Gasteiger partial charge in [-0.15, -0.1) is 0 Å². The molecule has 0 unspecified atom stereocenters. The van der Waals surface area contributed by atoms with Crippen LogP contribution in [0.2, 0.25) is 0 Å². The van der Waals surface area contributed by atoms with Gasteiger partial charge in [-0.3, -0.25) is 4.98 Å². The Bertz CT molecular complexity index is 818. The molecular weight excluding hydrogens is 248 g/mol. The van der Waals surface area contributed by atoms with Crippen molar-refractivity contribution in [3.05, 3.63) is 59.9 Å². The van der Waals surface area contributed by atoms with E-state index in [1.54, 1.807) is 12.3 Å². The molecule has 0 saturated carbocycles. The predicted octanol–water partition coefficient (Wildman–Crippen LogP) is 3.55. The van der Waals surface area contributed by atoms with Gasteiger partial charge in [-0.2, -0.15) is 5.26 Å². The van der Waals surface area contributed by atoms with Crippen molar-refractivity contribution in [1.82, 2.24) is 9.97 Å². The fourth-order valence-corrected chi connectivity index (χ4v) is 2.02. The van der Waals surface area contributed by atoms with Gasteiger partial charge in [-0.1, -0.05) is 18.2 Å². The van der Waals surface area contributed by atoms with Gasteiger partial charge < -0.3 is 5.32 Å². The van der Waals surface area contributed by atoms with Crippen LogP contribution in [-0.2, 0) is 0 Å². The van der Waals surface area contributed by atoms with Gasteiger partial charge in [0, 0.05) is 11.1 Å². The highest BCUT2D eigenvalue weighted by atomic mass is 15.0. The van der Waals surface area contributed by atoms with Crippen LogP contribution in [0.1, 0.15) is 11.3 Å². The molecule has 1 N–H and O–H groups in total. The Kier molecular flexibility index (Phi) is 3.02. The monoisotopic (exact) mass is 260 g/mol. The molecule has 20 heavy (non-hydrogen) atoms. The van der Waals surface area contributed by atoms with Gasteiger partial charge in [0.25, 0.3) is 0 Å². The van der Waals surface area contributed by atoms with E-state index >= 15 is 0 Å². The molecule has 0 aliphatic carbocycles. The van der Waals surface area contributed by atoms with Crippen LogP contribution in [0.5, 0.6) is 0 Å². The number of rotatable bonds is 2. The number of aryl methyl sites for hydroxylation is 1. The number of fused-ring (bicyclic) bond motifs is 1. The van der Waals surface area contributed by atoms with Crippen molar-refractivity contribution in [2.24, 2.45) is 0 Å². The Morgan fingerprint density at radius 3 is 2.85 bits per heavy atom. The fraction of sp³-hybridized carbons (Fsp3) is 0.0625. The van der Waals surface area contributed by atoms with Crippen molar-refractivity contribution in [3.63, 3.8) is 0 Å². The minimum absolute atomic E-state index is 0.517. The summed E-state index contributed by atoms with van der Waals surface area (Å²) in [6, 6.07) is 15.6. The van der Waals surface area contributed by atoms with Gasteiger partial charge in [-0.05, 0) is 31.2 Å². The van der Waals surface area contributed by atoms with Crippen LogP contribution in [0.3, 0.4) is 0 Å². The second kappa shape index (κ2) is 4.98. The predicted molar refractivity (Wildman–Crippen MR) is 78.7 cm³/mol. The molecule has 0 aliphatic rings. The third kappa shape index (κ3) is 2.29. The summed E-state index contributed by atoms with van der Waals surface area (Å²) in [7, 11) is 0. The van der Waals surface area contributed by atoms with Crippen molar-refractivity contribution in [2.75, 3.05) is 5.32 Å². The lowest BCUT2D eigenvalue weighted by Gasteiger charge is -2.08. The van der Waals surface area contributed by atoms with E-state index in [9.17, 15) is 0 Å². The lowest BCUT2D eigenvalue weighted by atomic mass is 10.2. The topological polar surface area (TPSA) is 61.6 Å². The quantitative estimate of drug-likeness (QED) is 0.765. The Morgan fingerprint density at radius 2 is 2.00 bits per heavy atom. The van der Waals surface area contributed by atoms with Gasteiger partial charge in [0.15, 0.2) is 0 Å². The molecule has 96 valence electrons. The first kappa shape index (κ1) is 12.1. The summed E-state index contributed by atoms with van der Waals surface area (Å²) in [6.07, 6.45) is 1.74. The third-order valence-electron chi connectivity index (χ3n) is 3.01. The van der Waals surface area contributed by atoms with Crippen LogP contribution in [0, 0.1) is 18.3 Å². The van der Waals surface area contributed by atoms with Gasteiger partial charge >= 0.3 is 0 Å². The van der Waals surface area contributed by atoms with Crippen LogP contribution in [0.25, 0.3) is 10.9 Å². The molecule has 0 amide bonds. The smallest absolute Gasteiger partial charge is 0.148 e. The number of hydrogen-bond acceptors (Lipinski definition) is 4. The maximum atomic E-state index is 9.11. The second-order valence-electron chi connectivity index (χ2n) is 4.50. The summed E-state index contributed by atoms with van der Waals surface area (Å²) in [5.41, 5.74) is 3.14. The highest BCUT2D eigenvalue weighted by molar-refractivity contribution is 5.82. The molecule has 1 aromatic carbocycles. The minimum Gasteiger partial charge on any atom is -0.338 e. The molecule has 0 bridgehead atoms. The number of nitrogens with one attached hydrogen (secondary N) is 1. The number of hydrogen-bond donors (Lipinski definition) is 1. The van der Waals surface area contributed by atoms with Crippen LogP contribution in [0.15, 0.2) is 48.7 Å². The zero-order valence-corrected chi connectivity index (χ0v) is 11.0. The van der Waals surface area contributed by atoms with E-state index < -0.39 is 0 Å². The number of benzene rings is 1. The Labute approximate surface area is 116 Å². The average molecular weight is 260 g/mol. The third-order valence-corrected chi connectivity index (χ3v) is 3.01. The van der Waals surface area contributed by atoms with Crippen LogP contribution < -0.4 is 5.32 Å². The van der Waals surface area contributed by atoms with Gasteiger partial charge in [0.1, 0.15) is 11.9 Å². The summed E-state index contributed by atoms with van der Waals surface area (Å²) in [5.74, 6) is 0.560. The van der Waals surface area contributed by atoms with E-state index in [-0.39, 0.29) is 0 Å². The van der Waals surface area contributed by atoms with Gasteiger partial charge in [0.05, 0.1) is 23.0 Å². The fourth-order valence-electron chi connectivity index (χ4n) is 2.02. The van der Waals surface area contributed by atoms with E-state index in [0.717, 1.165) is 22.3 Å². The van der Waals surface area contributed by atoms with Crippen molar-refractivity contribution >= 4 is 22.4 Å². The summed E-state index contributed by atoms with van der Waals surface area (Å²) in [6.45, 7) is 1.89. The lowest BCUT2D eigenvalue weighted by molar-refractivity contribution is 1.18. The molecule has 0 fully saturated rings. The van der Waals surface area contributed by atoms with E-state index in [1.807, 2.05) is 43.3 Å². The summed E-state index contributed by atoms with van der Waals surface area (Å²) in [5, 5.41) is 13.3.